The van der Waals surface area contributed by atoms with Crippen molar-refractivity contribution in [3.8, 4) is 0 Å². The highest BCUT2D eigenvalue weighted by molar-refractivity contribution is 6.10. The normalized spacial score (nSPS) is 23.5. The van der Waals surface area contributed by atoms with Crippen LogP contribution in [0.3, 0.4) is 0 Å². The van der Waals surface area contributed by atoms with E-state index < -0.39 is 6.09 Å². The predicted octanol–water partition coefficient (Wildman–Crippen LogP) is 1.93. The van der Waals surface area contributed by atoms with Crippen molar-refractivity contribution in [3.05, 3.63) is 12.2 Å². The Hall–Kier alpha value is -1.65. The number of amidine groups is 1. The van der Waals surface area contributed by atoms with Crippen LogP contribution in [0.25, 0.3) is 0 Å². The monoisotopic (exact) mass is 236 g/mol. The fourth-order valence-electron chi connectivity index (χ4n) is 2.03. The minimum atomic E-state index is -0.612. The zero-order valence-electron chi connectivity index (χ0n) is 9.65. The fourth-order valence-corrected chi connectivity index (χ4v) is 2.03. The number of rotatable bonds is 1. The molecule has 1 fully saturated rings. The second-order valence-electron chi connectivity index (χ2n) is 4.30. The van der Waals surface area contributed by atoms with Crippen molar-refractivity contribution in [2.24, 2.45) is 4.99 Å². The molecule has 2 rings (SSSR count). The van der Waals surface area contributed by atoms with Crippen molar-refractivity contribution in [3.63, 3.8) is 0 Å². The Bertz CT molecular complexity index is 368. The quantitative estimate of drug-likeness (QED) is 0.756. The van der Waals surface area contributed by atoms with Gasteiger partial charge in [0.05, 0.1) is 0 Å². The van der Waals surface area contributed by atoms with E-state index in [1.54, 1.807) is 12.2 Å². The summed E-state index contributed by atoms with van der Waals surface area (Å²) >= 11 is 0. The first-order valence-corrected chi connectivity index (χ1v) is 6.00. The number of nitrogens with zero attached hydrogens (tertiary/aromatic N) is 1. The highest BCUT2D eigenvalue weighted by Crippen LogP contribution is 2.20. The molecule has 1 saturated carbocycles. The van der Waals surface area contributed by atoms with E-state index in [9.17, 15) is 9.59 Å². The zero-order valence-corrected chi connectivity index (χ0v) is 9.65. The summed E-state index contributed by atoms with van der Waals surface area (Å²) in [5, 5.41) is 2.51. The number of aliphatic imine (C=N–C) groups is 1. The molecular weight excluding hydrogens is 220 g/mol. The number of carbonyl (C=O) groups is 2. The maximum Gasteiger partial charge on any atom is 0.435 e. The van der Waals surface area contributed by atoms with Crippen LogP contribution in [0.4, 0.5) is 4.79 Å². The molecule has 1 N–H and O–H groups in total. The molecule has 5 heteroatoms. The first kappa shape index (κ1) is 11.8. The Morgan fingerprint density at radius 1 is 1.35 bits per heavy atom. The second-order valence-corrected chi connectivity index (χ2v) is 4.30. The Morgan fingerprint density at radius 2 is 2.12 bits per heavy atom. The molecular formula is C12H16N2O3. The van der Waals surface area contributed by atoms with Crippen molar-refractivity contribution in [2.45, 2.75) is 44.6 Å². The number of amides is 2. The maximum absolute atomic E-state index is 11.5. The average Bonchev–Trinajstić information content (AvgIpc) is 2.30. The van der Waals surface area contributed by atoms with Gasteiger partial charge < -0.3 is 10.1 Å². The highest BCUT2D eigenvalue weighted by Gasteiger charge is 2.18. The van der Waals surface area contributed by atoms with Crippen LogP contribution in [0.2, 0.25) is 0 Å². The molecule has 0 aromatic carbocycles. The third-order valence-corrected chi connectivity index (χ3v) is 2.88. The van der Waals surface area contributed by atoms with Crippen molar-refractivity contribution in [1.29, 1.82) is 0 Å². The molecule has 5 nitrogen and oxygen atoms in total. The van der Waals surface area contributed by atoms with E-state index in [1.807, 2.05) is 0 Å². The fraction of sp³-hybridized carbons (Fsp3) is 0.583. The van der Waals surface area contributed by atoms with Gasteiger partial charge in [-0.3, -0.25) is 4.79 Å². The molecule has 2 amide bonds. The van der Waals surface area contributed by atoms with Gasteiger partial charge in [0.1, 0.15) is 11.9 Å². The first-order valence-electron chi connectivity index (χ1n) is 6.00. The summed E-state index contributed by atoms with van der Waals surface area (Å²) in [5.41, 5.74) is 0. The van der Waals surface area contributed by atoms with Gasteiger partial charge in [-0.2, -0.15) is 4.99 Å². The first-order chi connectivity index (χ1) is 8.24. The molecule has 1 aliphatic carbocycles. The van der Waals surface area contributed by atoms with Crippen LogP contribution < -0.4 is 5.32 Å². The molecule has 0 aromatic rings. The third kappa shape index (κ3) is 3.69. The van der Waals surface area contributed by atoms with Gasteiger partial charge in [-0.25, -0.2) is 4.79 Å². The smallest absolute Gasteiger partial charge is 0.435 e. The number of ether oxygens (including phenoxy) is 1. The summed E-state index contributed by atoms with van der Waals surface area (Å²) in [6.45, 7) is 0. The summed E-state index contributed by atoms with van der Waals surface area (Å²) in [7, 11) is 0. The number of nitrogens with one attached hydrogen (secondary N) is 1. The van der Waals surface area contributed by atoms with E-state index in [0.29, 0.717) is 6.42 Å². The minimum Gasteiger partial charge on any atom is -0.445 e. The molecule has 0 unspecified atom stereocenters. The molecule has 0 saturated heterocycles. The molecule has 0 aromatic heterocycles. The zero-order chi connectivity index (χ0) is 12.1. The average molecular weight is 236 g/mol. The van der Waals surface area contributed by atoms with Crippen LogP contribution in [-0.2, 0) is 9.53 Å². The molecule has 1 heterocycles. The van der Waals surface area contributed by atoms with E-state index in [4.69, 9.17) is 4.74 Å². The molecule has 1 aliphatic heterocycles. The molecule has 2 aliphatic rings. The van der Waals surface area contributed by atoms with E-state index in [-0.39, 0.29) is 17.8 Å². The molecule has 0 atom stereocenters. The van der Waals surface area contributed by atoms with E-state index in [1.165, 1.54) is 6.42 Å². The van der Waals surface area contributed by atoms with Crippen molar-refractivity contribution < 1.29 is 14.3 Å². The maximum atomic E-state index is 11.5. The van der Waals surface area contributed by atoms with Gasteiger partial charge in [-0.05, 0) is 31.8 Å². The lowest BCUT2D eigenvalue weighted by atomic mass is 9.98. The lowest BCUT2D eigenvalue weighted by Crippen LogP contribution is -2.32. The van der Waals surface area contributed by atoms with Gasteiger partial charge >= 0.3 is 6.09 Å². The largest absolute Gasteiger partial charge is 0.445 e. The second kappa shape index (κ2) is 5.61. The summed E-state index contributed by atoms with van der Waals surface area (Å²) < 4.78 is 5.22. The third-order valence-electron chi connectivity index (χ3n) is 2.88. The number of hydrogen-bond acceptors (Lipinski definition) is 3. The Balaban J connectivity index is 1.87. The van der Waals surface area contributed by atoms with Gasteiger partial charge in [-0.15, -0.1) is 0 Å². The van der Waals surface area contributed by atoms with Crippen LogP contribution in [0.1, 0.15) is 38.5 Å². The van der Waals surface area contributed by atoms with E-state index in [2.05, 4.69) is 10.3 Å². The predicted molar refractivity (Wildman–Crippen MR) is 62.7 cm³/mol. The molecule has 92 valence electrons. The Morgan fingerprint density at radius 3 is 2.82 bits per heavy atom. The SMILES string of the molecule is O=C1CC=CC(=NC(=O)OC2CCCCC2)N1. The summed E-state index contributed by atoms with van der Waals surface area (Å²) in [4.78, 5) is 26.3. The standard InChI is InChI=1S/C12H16N2O3/c15-11-8-4-7-10(13-11)14-12(16)17-9-5-2-1-3-6-9/h4,7,9H,1-3,5-6,8H2,(H,13,14,15,16). The van der Waals surface area contributed by atoms with Gasteiger partial charge in [0.2, 0.25) is 5.91 Å². The van der Waals surface area contributed by atoms with E-state index in [0.717, 1.165) is 25.7 Å². The van der Waals surface area contributed by atoms with Crippen molar-refractivity contribution in [1.82, 2.24) is 5.32 Å². The van der Waals surface area contributed by atoms with E-state index >= 15 is 0 Å². The lowest BCUT2D eigenvalue weighted by Gasteiger charge is -2.20. The van der Waals surface area contributed by atoms with Crippen LogP contribution in [0, 0.1) is 0 Å². The van der Waals surface area contributed by atoms with Crippen molar-refractivity contribution >= 4 is 17.8 Å². The molecule has 17 heavy (non-hydrogen) atoms. The van der Waals surface area contributed by atoms with Gasteiger partial charge in [0, 0.05) is 6.42 Å². The van der Waals surface area contributed by atoms with Crippen LogP contribution in [0.15, 0.2) is 17.1 Å². The van der Waals surface area contributed by atoms with Gasteiger partial charge in [-0.1, -0.05) is 12.5 Å². The van der Waals surface area contributed by atoms with Crippen LogP contribution in [0.5, 0.6) is 0 Å². The Labute approximate surface area is 99.9 Å². The van der Waals surface area contributed by atoms with Gasteiger partial charge in [0.25, 0.3) is 0 Å². The van der Waals surface area contributed by atoms with Gasteiger partial charge in [0.15, 0.2) is 0 Å². The van der Waals surface area contributed by atoms with Crippen molar-refractivity contribution in [2.75, 3.05) is 0 Å². The lowest BCUT2D eigenvalue weighted by molar-refractivity contribution is -0.118. The summed E-state index contributed by atoms with van der Waals surface area (Å²) in [6.07, 6.45) is 8.24. The Kier molecular flexibility index (Phi) is 3.90. The molecule has 0 radical (unpaired) electrons. The molecule has 0 bridgehead atoms. The van der Waals surface area contributed by atoms with Crippen LogP contribution >= 0.6 is 0 Å². The molecule has 0 spiro atoms. The highest BCUT2D eigenvalue weighted by atomic mass is 16.6. The summed E-state index contributed by atoms with van der Waals surface area (Å²) in [6, 6.07) is 0. The minimum absolute atomic E-state index is 0.0103. The van der Waals surface area contributed by atoms with Crippen LogP contribution in [-0.4, -0.2) is 23.9 Å². The number of carbonyl (C=O) groups excluding carboxylic acids is 2. The summed E-state index contributed by atoms with van der Waals surface area (Å²) in [5.74, 6) is 0.110. The topological polar surface area (TPSA) is 67.8 Å². The number of hydrogen-bond donors (Lipinski definition) is 1.